The summed E-state index contributed by atoms with van der Waals surface area (Å²) in [6.45, 7) is 2.02. The summed E-state index contributed by atoms with van der Waals surface area (Å²) in [6, 6.07) is 3.99. The minimum Gasteiger partial charge on any atom is -0.496 e. The van der Waals surface area contributed by atoms with Gasteiger partial charge >= 0.3 is 0 Å². The van der Waals surface area contributed by atoms with Gasteiger partial charge in [-0.2, -0.15) is 0 Å². The smallest absolute Gasteiger partial charge is 0.167 e. The number of hydrogen-bond donors (Lipinski definition) is 0. The molecule has 0 aliphatic heterocycles. The summed E-state index contributed by atoms with van der Waals surface area (Å²) in [5, 5.41) is 0. The van der Waals surface area contributed by atoms with E-state index in [1.807, 2.05) is 13.0 Å². The van der Waals surface area contributed by atoms with Gasteiger partial charge in [-0.1, -0.05) is 6.07 Å². The average Bonchev–Trinajstić information content (AvgIpc) is 2.46. The third-order valence-corrected chi connectivity index (χ3v) is 2.45. The Bertz CT molecular complexity index is 367. The second-order valence-electron chi connectivity index (χ2n) is 3.42. The molecule has 1 aromatic rings. The molecule has 0 amide bonds. The van der Waals surface area contributed by atoms with Gasteiger partial charge in [0.15, 0.2) is 5.78 Å². The summed E-state index contributed by atoms with van der Waals surface area (Å²) in [6.07, 6.45) is 1.50. The molecule has 0 N–H and O–H groups in total. The first kappa shape index (κ1) is 8.30. The Balaban J connectivity index is 2.64. The third-order valence-electron chi connectivity index (χ3n) is 2.45. The lowest BCUT2D eigenvalue weighted by molar-refractivity contribution is 0.0992. The van der Waals surface area contributed by atoms with E-state index in [2.05, 4.69) is 6.07 Å². The van der Waals surface area contributed by atoms with Crippen molar-refractivity contribution in [2.45, 2.75) is 19.8 Å². The second-order valence-corrected chi connectivity index (χ2v) is 3.42. The lowest BCUT2D eigenvalue weighted by Crippen LogP contribution is -1.97. The van der Waals surface area contributed by atoms with Gasteiger partial charge < -0.3 is 4.74 Å². The molecule has 0 atom stereocenters. The van der Waals surface area contributed by atoms with Crippen LogP contribution < -0.4 is 4.74 Å². The van der Waals surface area contributed by atoms with Gasteiger partial charge in [0, 0.05) is 6.42 Å². The molecule has 2 rings (SSSR count). The van der Waals surface area contributed by atoms with Crippen molar-refractivity contribution < 1.29 is 9.53 Å². The molecule has 1 aliphatic carbocycles. The molecule has 2 heteroatoms. The fourth-order valence-electron chi connectivity index (χ4n) is 1.87. The van der Waals surface area contributed by atoms with Gasteiger partial charge in [-0.15, -0.1) is 0 Å². The van der Waals surface area contributed by atoms with Gasteiger partial charge in [0.1, 0.15) is 5.75 Å². The van der Waals surface area contributed by atoms with Crippen molar-refractivity contribution >= 4 is 5.78 Å². The van der Waals surface area contributed by atoms with E-state index in [0.29, 0.717) is 6.42 Å². The standard InChI is InChI=1S/C11H12O2/c1-7-5-8-3-4-9(12)11(8)10(6-7)13-2/h5-6H,3-4H2,1-2H3. The van der Waals surface area contributed by atoms with Crippen LogP contribution in [0.5, 0.6) is 5.75 Å². The van der Waals surface area contributed by atoms with Crippen LogP contribution in [0, 0.1) is 6.92 Å². The van der Waals surface area contributed by atoms with E-state index >= 15 is 0 Å². The summed E-state index contributed by atoms with van der Waals surface area (Å²) in [4.78, 5) is 11.5. The van der Waals surface area contributed by atoms with Gasteiger partial charge in [-0.25, -0.2) is 0 Å². The molecule has 1 aliphatic rings. The maximum absolute atomic E-state index is 11.5. The summed E-state index contributed by atoms with van der Waals surface area (Å²) in [5.74, 6) is 0.948. The first-order valence-corrected chi connectivity index (χ1v) is 4.43. The molecule has 1 aromatic carbocycles. The molecule has 0 radical (unpaired) electrons. The van der Waals surface area contributed by atoms with Crippen LogP contribution >= 0.6 is 0 Å². The predicted octanol–water partition coefficient (Wildman–Crippen LogP) is 2.13. The van der Waals surface area contributed by atoms with Gasteiger partial charge in [0.25, 0.3) is 0 Å². The maximum atomic E-state index is 11.5. The number of carbonyl (C=O) groups excluding carboxylic acids is 1. The van der Waals surface area contributed by atoms with Crippen LogP contribution in [-0.2, 0) is 6.42 Å². The van der Waals surface area contributed by atoms with E-state index in [0.717, 1.165) is 28.9 Å². The first-order chi connectivity index (χ1) is 6.22. The highest BCUT2D eigenvalue weighted by Crippen LogP contribution is 2.31. The molecule has 0 bridgehead atoms. The van der Waals surface area contributed by atoms with Crippen LogP contribution in [-0.4, -0.2) is 12.9 Å². The third kappa shape index (κ3) is 1.22. The molecular weight excluding hydrogens is 164 g/mol. The number of Topliss-reactive ketones (excluding diaryl/α,β-unsaturated/α-hetero) is 1. The molecule has 0 saturated heterocycles. The molecule has 2 nitrogen and oxygen atoms in total. The highest BCUT2D eigenvalue weighted by Gasteiger charge is 2.23. The number of hydrogen-bond acceptors (Lipinski definition) is 2. The van der Waals surface area contributed by atoms with Gasteiger partial charge in [0.05, 0.1) is 12.7 Å². The molecule has 68 valence electrons. The number of aryl methyl sites for hydroxylation is 2. The van der Waals surface area contributed by atoms with E-state index in [1.165, 1.54) is 0 Å². The summed E-state index contributed by atoms with van der Waals surface area (Å²) >= 11 is 0. The Morgan fingerprint density at radius 3 is 2.77 bits per heavy atom. The number of methoxy groups -OCH3 is 1. The molecule has 0 heterocycles. The van der Waals surface area contributed by atoms with Gasteiger partial charge in [0.2, 0.25) is 0 Å². The first-order valence-electron chi connectivity index (χ1n) is 4.43. The highest BCUT2D eigenvalue weighted by atomic mass is 16.5. The van der Waals surface area contributed by atoms with E-state index in [-0.39, 0.29) is 5.78 Å². The average molecular weight is 176 g/mol. The summed E-state index contributed by atoms with van der Waals surface area (Å²) in [7, 11) is 1.61. The lowest BCUT2D eigenvalue weighted by atomic mass is 10.1. The molecular formula is C11H12O2. The number of ketones is 1. The Morgan fingerprint density at radius 1 is 1.31 bits per heavy atom. The van der Waals surface area contributed by atoms with Crippen molar-refractivity contribution in [2.24, 2.45) is 0 Å². The van der Waals surface area contributed by atoms with Gasteiger partial charge in [-0.05, 0) is 30.5 Å². The number of benzene rings is 1. The SMILES string of the molecule is COc1cc(C)cc2c1C(=O)CC2. The number of fused-ring (bicyclic) bond motifs is 1. The van der Waals surface area contributed by atoms with Crippen molar-refractivity contribution in [3.63, 3.8) is 0 Å². The Kier molecular flexibility index (Phi) is 1.83. The van der Waals surface area contributed by atoms with Crippen LogP contribution in [0.15, 0.2) is 12.1 Å². The predicted molar refractivity (Wildman–Crippen MR) is 50.4 cm³/mol. The molecule has 0 spiro atoms. The normalized spacial score (nSPS) is 14.5. The van der Waals surface area contributed by atoms with E-state index in [9.17, 15) is 4.79 Å². The van der Waals surface area contributed by atoms with Crippen molar-refractivity contribution in [1.29, 1.82) is 0 Å². The maximum Gasteiger partial charge on any atom is 0.167 e. The van der Waals surface area contributed by atoms with Crippen LogP contribution in [0.4, 0.5) is 0 Å². The molecule has 0 unspecified atom stereocenters. The fourth-order valence-corrected chi connectivity index (χ4v) is 1.87. The Morgan fingerprint density at radius 2 is 2.08 bits per heavy atom. The number of ether oxygens (including phenoxy) is 1. The van der Waals surface area contributed by atoms with E-state index in [1.54, 1.807) is 7.11 Å². The minimum atomic E-state index is 0.215. The van der Waals surface area contributed by atoms with E-state index in [4.69, 9.17) is 4.74 Å². The van der Waals surface area contributed by atoms with Crippen molar-refractivity contribution in [1.82, 2.24) is 0 Å². The topological polar surface area (TPSA) is 26.3 Å². The fraction of sp³-hybridized carbons (Fsp3) is 0.364. The molecule has 13 heavy (non-hydrogen) atoms. The summed E-state index contributed by atoms with van der Waals surface area (Å²) < 4.78 is 5.19. The molecule has 0 aromatic heterocycles. The zero-order valence-electron chi connectivity index (χ0n) is 7.89. The quantitative estimate of drug-likeness (QED) is 0.655. The zero-order valence-corrected chi connectivity index (χ0v) is 7.89. The number of rotatable bonds is 1. The highest BCUT2D eigenvalue weighted by molar-refractivity contribution is 6.03. The Labute approximate surface area is 77.5 Å². The van der Waals surface area contributed by atoms with Crippen molar-refractivity contribution in [3.05, 3.63) is 28.8 Å². The van der Waals surface area contributed by atoms with Crippen molar-refractivity contribution in [3.8, 4) is 5.75 Å². The Hall–Kier alpha value is -1.31. The van der Waals surface area contributed by atoms with Gasteiger partial charge in [-0.3, -0.25) is 4.79 Å². The largest absolute Gasteiger partial charge is 0.496 e. The summed E-state index contributed by atoms with van der Waals surface area (Å²) in [5.41, 5.74) is 3.10. The molecule has 0 saturated carbocycles. The van der Waals surface area contributed by atoms with Crippen LogP contribution in [0.2, 0.25) is 0 Å². The molecule has 0 fully saturated rings. The minimum absolute atomic E-state index is 0.215. The van der Waals surface area contributed by atoms with Crippen LogP contribution in [0.3, 0.4) is 0 Å². The lowest BCUT2D eigenvalue weighted by Gasteiger charge is -2.07. The van der Waals surface area contributed by atoms with Crippen LogP contribution in [0.25, 0.3) is 0 Å². The van der Waals surface area contributed by atoms with E-state index < -0.39 is 0 Å². The second kappa shape index (κ2) is 2.87. The zero-order chi connectivity index (χ0) is 9.42. The number of carbonyl (C=O) groups is 1. The van der Waals surface area contributed by atoms with Crippen LogP contribution in [0.1, 0.15) is 27.9 Å². The van der Waals surface area contributed by atoms with Crippen molar-refractivity contribution in [2.75, 3.05) is 7.11 Å². The monoisotopic (exact) mass is 176 g/mol.